The lowest BCUT2D eigenvalue weighted by Crippen LogP contribution is -2.15. The second kappa shape index (κ2) is 8.92. The van der Waals surface area contributed by atoms with Crippen LogP contribution in [0, 0.1) is 0 Å². The molecule has 0 aliphatic carbocycles. The van der Waals surface area contributed by atoms with Gasteiger partial charge in [-0.05, 0) is 66.3 Å². The molecule has 5 aromatic rings. The molecular weight excluding hydrogens is 452 g/mol. The van der Waals surface area contributed by atoms with E-state index in [1.807, 2.05) is 74.1 Å². The van der Waals surface area contributed by atoms with E-state index >= 15 is 0 Å². The molecule has 0 amide bonds. The van der Waals surface area contributed by atoms with Crippen molar-refractivity contribution in [3.8, 4) is 28.6 Å². The Morgan fingerprint density at radius 1 is 1.08 bits per heavy atom. The summed E-state index contributed by atoms with van der Waals surface area (Å²) in [6.07, 6.45) is 2.63. The molecule has 1 unspecified atom stereocenters. The Labute approximate surface area is 208 Å². The average molecular weight is 481 g/mol. The standard InChI is InChI=1S/C29H28N4O3/c1-17(2)20-7-5-6-19(13-20)12-18(3)23-15-24(27(35)16-26(23)34)28-30-31-29(36)33(28)22-8-9-25-21(14-22)10-11-32(25)4/h5-11,13-16,18,34-35H,1,12H2,2-4H3,(H,31,36). The number of aryl methyl sites for hydroxylation is 1. The van der Waals surface area contributed by atoms with Crippen molar-refractivity contribution in [3.05, 3.63) is 101 Å². The van der Waals surface area contributed by atoms with Crippen molar-refractivity contribution >= 4 is 16.5 Å². The summed E-state index contributed by atoms with van der Waals surface area (Å²) >= 11 is 0. The van der Waals surface area contributed by atoms with E-state index in [1.54, 1.807) is 6.07 Å². The van der Waals surface area contributed by atoms with Crippen molar-refractivity contribution < 1.29 is 10.2 Å². The molecule has 3 N–H and O–H groups in total. The number of hydrogen-bond acceptors (Lipinski definition) is 4. The zero-order valence-corrected chi connectivity index (χ0v) is 20.5. The lowest BCUT2D eigenvalue weighted by molar-refractivity contribution is 0.443. The van der Waals surface area contributed by atoms with Gasteiger partial charge in [-0.1, -0.05) is 43.3 Å². The number of nitrogens with zero attached hydrogens (tertiary/aromatic N) is 3. The summed E-state index contributed by atoms with van der Waals surface area (Å²) in [7, 11) is 1.96. The third kappa shape index (κ3) is 4.09. The Bertz CT molecular complexity index is 1670. The minimum atomic E-state index is -0.418. The first kappa shape index (κ1) is 23.2. The molecule has 0 aliphatic heterocycles. The Balaban J connectivity index is 1.56. The normalized spacial score (nSPS) is 12.2. The lowest BCUT2D eigenvalue weighted by Gasteiger charge is -2.17. The van der Waals surface area contributed by atoms with Gasteiger partial charge >= 0.3 is 5.69 Å². The molecule has 0 fully saturated rings. The fourth-order valence-corrected chi connectivity index (χ4v) is 4.72. The summed E-state index contributed by atoms with van der Waals surface area (Å²) in [5.74, 6) is 0.0405. The van der Waals surface area contributed by atoms with Gasteiger partial charge in [0.25, 0.3) is 0 Å². The average Bonchev–Trinajstić information content (AvgIpc) is 3.41. The number of benzene rings is 3. The Morgan fingerprint density at radius 3 is 2.67 bits per heavy atom. The summed E-state index contributed by atoms with van der Waals surface area (Å²) in [4.78, 5) is 12.8. The molecule has 5 rings (SSSR count). The van der Waals surface area contributed by atoms with Crippen LogP contribution < -0.4 is 5.69 Å². The number of H-pyrrole nitrogens is 1. The van der Waals surface area contributed by atoms with Crippen molar-refractivity contribution in [2.24, 2.45) is 7.05 Å². The third-order valence-electron chi connectivity index (χ3n) is 6.68. The molecule has 7 heteroatoms. The van der Waals surface area contributed by atoms with Crippen molar-refractivity contribution in [1.29, 1.82) is 0 Å². The maximum atomic E-state index is 12.8. The molecule has 2 aromatic heterocycles. The smallest absolute Gasteiger partial charge is 0.348 e. The van der Waals surface area contributed by atoms with Gasteiger partial charge in [-0.15, -0.1) is 0 Å². The van der Waals surface area contributed by atoms with Crippen LogP contribution >= 0.6 is 0 Å². The Hall–Kier alpha value is -4.52. The van der Waals surface area contributed by atoms with Gasteiger partial charge in [-0.2, -0.15) is 5.10 Å². The number of aromatic amines is 1. The predicted molar refractivity (Wildman–Crippen MR) is 143 cm³/mol. The van der Waals surface area contributed by atoms with Gasteiger partial charge in [0.1, 0.15) is 11.5 Å². The largest absolute Gasteiger partial charge is 0.508 e. The van der Waals surface area contributed by atoms with Crippen LogP contribution in [0.5, 0.6) is 11.5 Å². The lowest BCUT2D eigenvalue weighted by atomic mass is 9.90. The van der Waals surface area contributed by atoms with Gasteiger partial charge in [0.2, 0.25) is 0 Å². The SMILES string of the molecule is C=C(C)c1cccc(CC(C)c2cc(-c3n[nH]c(=O)n3-c3ccc4c(ccn4C)c3)c(O)cc2O)c1. The number of aromatic hydroxyl groups is 2. The van der Waals surface area contributed by atoms with Crippen LogP contribution in [0.2, 0.25) is 0 Å². The first-order valence-corrected chi connectivity index (χ1v) is 11.8. The number of rotatable bonds is 6. The summed E-state index contributed by atoms with van der Waals surface area (Å²) < 4.78 is 3.44. The number of hydrogen-bond donors (Lipinski definition) is 3. The monoisotopic (exact) mass is 480 g/mol. The Morgan fingerprint density at radius 2 is 1.89 bits per heavy atom. The molecule has 0 saturated heterocycles. The number of phenolic OH excluding ortho intramolecular Hbond substituents is 2. The van der Waals surface area contributed by atoms with E-state index in [2.05, 4.69) is 22.8 Å². The van der Waals surface area contributed by atoms with Gasteiger partial charge in [0.15, 0.2) is 5.82 Å². The van der Waals surface area contributed by atoms with Crippen LogP contribution in [0.3, 0.4) is 0 Å². The summed E-state index contributed by atoms with van der Waals surface area (Å²) in [5, 5.41) is 29.2. The topological polar surface area (TPSA) is 96.1 Å². The number of fused-ring (bicyclic) bond motifs is 1. The van der Waals surface area contributed by atoms with E-state index in [-0.39, 0.29) is 23.2 Å². The predicted octanol–water partition coefficient (Wildman–Crippen LogP) is 5.51. The van der Waals surface area contributed by atoms with Crippen LogP contribution in [0.15, 0.2) is 78.2 Å². The van der Waals surface area contributed by atoms with Gasteiger partial charge in [0, 0.05) is 30.2 Å². The summed E-state index contributed by atoms with van der Waals surface area (Å²) in [6, 6.07) is 18.9. The molecule has 0 aliphatic rings. The Kier molecular flexibility index (Phi) is 5.76. The van der Waals surface area contributed by atoms with Crippen molar-refractivity contribution in [2.45, 2.75) is 26.2 Å². The second-order valence-corrected chi connectivity index (χ2v) is 9.37. The third-order valence-corrected chi connectivity index (χ3v) is 6.68. The number of nitrogens with one attached hydrogen (secondary N) is 1. The molecule has 3 aromatic carbocycles. The van der Waals surface area contributed by atoms with E-state index in [4.69, 9.17) is 0 Å². The zero-order valence-electron chi connectivity index (χ0n) is 20.5. The van der Waals surface area contributed by atoms with Gasteiger partial charge in [-0.3, -0.25) is 0 Å². The van der Waals surface area contributed by atoms with E-state index in [1.165, 1.54) is 10.6 Å². The van der Waals surface area contributed by atoms with Crippen LogP contribution in [0.4, 0.5) is 0 Å². The van der Waals surface area contributed by atoms with Crippen molar-refractivity contribution in [3.63, 3.8) is 0 Å². The molecule has 1 atom stereocenters. The quantitative estimate of drug-likeness (QED) is 0.299. The molecule has 0 spiro atoms. The van der Waals surface area contributed by atoms with Gasteiger partial charge in [0.05, 0.1) is 11.3 Å². The van der Waals surface area contributed by atoms with Crippen LogP contribution in [-0.2, 0) is 13.5 Å². The summed E-state index contributed by atoms with van der Waals surface area (Å²) in [5.41, 5.74) is 5.44. The molecule has 2 heterocycles. The number of allylic oxidation sites excluding steroid dienone is 1. The minimum absolute atomic E-state index is 0.00468. The van der Waals surface area contributed by atoms with Crippen LogP contribution in [-0.4, -0.2) is 29.5 Å². The molecule has 0 bridgehead atoms. The van der Waals surface area contributed by atoms with E-state index < -0.39 is 5.69 Å². The fourth-order valence-electron chi connectivity index (χ4n) is 4.72. The van der Waals surface area contributed by atoms with Crippen LogP contribution in [0.1, 0.15) is 36.5 Å². The maximum absolute atomic E-state index is 12.8. The van der Waals surface area contributed by atoms with Crippen molar-refractivity contribution in [2.75, 3.05) is 0 Å². The highest BCUT2D eigenvalue weighted by Gasteiger charge is 2.21. The highest BCUT2D eigenvalue weighted by Crippen LogP contribution is 2.38. The zero-order chi connectivity index (χ0) is 25.6. The van der Waals surface area contributed by atoms with E-state index in [0.717, 1.165) is 27.6 Å². The van der Waals surface area contributed by atoms with Gasteiger partial charge < -0.3 is 14.8 Å². The highest BCUT2D eigenvalue weighted by atomic mass is 16.3. The molecule has 0 saturated carbocycles. The number of phenols is 2. The highest BCUT2D eigenvalue weighted by molar-refractivity contribution is 5.82. The first-order chi connectivity index (χ1) is 17.2. The number of aromatic nitrogens is 4. The van der Waals surface area contributed by atoms with E-state index in [0.29, 0.717) is 23.2 Å². The minimum Gasteiger partial charge on any atom is -0.508 e. The second-order valence-electron chi connectivity index (χ2n) is 9.37. The molecule has 7 nitrogen and oxygen atoms in total. The van der Waals surface area contributed by atoms with E-state index in [9.17, 15) is 15.0 Å². The fraction of sp³-hybridized carbons (Fsp3) is 0.172. The van der Waals surface area contributed by atoms with Crippen molar-refractivity contribution in [1.82, 2.24) is 19.3 Å². The summed E-state index contributed by atoms with van der Waals surface area (Å²) in [6.45, 7) is 8.01. The van der Waals surface area contributed by atoms with Crippen LogP contribution in [0.25, 0.3) is 33.6 Å². The molecule has 36 heavy (non-hydrogen) atoms. The first-order valence-electron chi connectivity index (χ1n) is 11.8. The molecular formula is C29H28N4O3. The van der Waals surface area contributed by atoms with Gasteiger partial charge in [-0.25, -0.2) is 14.5 Å². The molecule has 182 valence electrons. The molecule has 0 radical (unpaired) electrons. The maximum Gasteiger partial charge on any atom is 0.348 e.